The molecule has 1 saturated heterocycles. The number of aromatic nitrogens is 3. The summed E-state index contributed by atoms with van der Waals surface area (Å²) in [6.07, 6.45) is 5.32. The van der Waals surface area contributed by atoms with Crippen molar-refractivity contribution in [2.45, 2.75) is 25.7 Å². The molecule has 0 unspecified atom stereocenters. The number of nitrogens with one attached hydrogen (secondary N) is 2. The first-order chi connectivity index (χ1) is 14.6. The Balaban J connectivity index is 0.000000806. The van der Waals surface area contributed by atoms with E-state index in [0.29, 0.717) is 12.0 Å². The zero-order valence-electron chi connectivity index (χ0n) is 16.5. The van der Waals surface area contributed by atoms with Crippen molar-refractivity contribution >= 4 is 29.1 Å². The summed E-state index contributed by atoms with van der Waals surface area (Å²) in [5.74, 6) is -0.736. The molecule has 158 valence electrons. The normalized spacial score (nSPS) is 13.6. The fourth-order valence-electron chi connectivity index (χ4n) is 3.50. The number of carbonyl (C=O) groups excluding carboxylic acids is 1. The highest BCUT2D eigenvalue weighted by molar-refractivity contribution is 5.91. The molecule has 8 nitrogen and oxygen atoms in total. The molecule has 9 heteroatoms. The predicted molar refractivity (Wildman–Crippen MR) is 112 cm³/mol. The van der Waals surface area contributed by atoms with Gasteiger partial charge in [-0.25, -0.2) is 4.39 Å². The van der Waals surface area contributed by atoms with E-state index in [0.717, 1.165) is 37.0 Å². The number of fused-ring (bicyclic) bond motifs is 1. The smallest absolute Gasteiger partial charge is 0.290 e. The third-order valence-corrected chi connectivity index (χ3v) is 4.92. The Hall–Kier alpha value is -3.33. The minimum absolute atomic E-state index is 0.0162. The van der Waals surface area contributed by atoms with Gasteiger partial charge >= 0.3 is 0 Å². The van der Waals surface area contributed by atoms with Crippen LogP contribution in [-0.2, 0) is 9.59 Å². The van der Waals surface area contributed by atoms with Crippen LogP contribution in [0.5, 0.6) is 0 Å². The zero-order valence-corrected chi connectivity index (χ0v) is 16.5. The summed E-state index contributed by atoms with van der Waals surface area (Å²) in [7, 11) is 0. The van der Waals surface area contributed by atoms with E-state index in [4.69, 9.17) is 9.90 Å². The van der Waals surface area contributed by atoms with Crippen molar-refractivity contribution in [3.63, 3.8) is 0 Å². The minimum Gasteiger partial charge on any atom is -0.483 e. The van der Waals surface area contributed by atoms with Crippen LogP contribution in [0.15, 0.2) is 36.5 Å². The molecule has 1 aliphatic heterocycles. The molecule has 0 atom stereocenters. The van der Waals surface area contributed by atoms with Crippen molar-refractivity contribution in [2.24, 2.45) is 0 Å². The number of H-pyrrole nitrogens is 1. The summed E-state index contributed by atoms with van der Waals surface area (Å²) >= 11 is 0. The molecule has 4 rings (SSSR count). The van der Waals surface area contributed by atoms with Gasteiger partial charge in [-0.15, -0.1) is 0 Å². The van der Waals surface area contributed by atoms with E-state index in [1.54, 1.807) is 12.3 Å². The molecule has 3 heterocycles. The van der Waals surface area contributed by atoms with E-state index < -0.39 is 5.82 Å². The Morgan fingerprint density at radius 2 is 2.07 bits per heavy atom. The van der Waals surface area contributed by atoms with E-state index in [2.05, 4.69) is 25.4 Å². The average molecular weight is 413 g/mol. The second-order valence-electron chi connectivity index (χ2n) is 6.98. The van der Waals surface area contributed by atoms with Gasteiger partial charge in [0.05, 0.1) is 5.52 Å². The van der Waals surface area contributed by atoms with Gasteiger partial charge in [0, 0.05) is 23.6 Å². The lowest BCUT2D eigenvalue weighted by Gasteiger charge is -2.13. The van der Waals surface area contributed by atoms with Gasteiger partial charge in [-0.1, -0.05) is 12.1 Å². The predicted octanol–water partition coefficient (Wildman–Crippen LogP) is 3.28. The largest absolute Gasteiger partial charge is 0.483 e. The molecule has 3 N–H and O–H groups in total. The van der Waals surface area contributed by atoms with Gasteiger partial charge < -0.3 is 15.3 Å². The third kappa shape index (κ3) is 5.38. The monoisotopic (exact) mass is 413 g/mol. The van der Waals surface area contributed by atoms with Crippen LogP contribution < -0.4 is 5.32 Å². The van der Waals surface area contributed by atoms with Crippen LogP contribution in [0.3, 0.4) is 0 Å². The molecule has 0 aliphatic carbocycles. The van der Waals surface area contributed by atoms with Gasteiger partial charge in [0.2, 0.25) is 5.91 Å². The van der Waals surface area contributed by atoms with Gasteiger partial charge in [-0.05, 0) is 57.1 Å². The Labute approximate surface area is 173 Å². The van der Waals surface area contributed by atoms with Gasteiger partial charge in [0.25, 0.3) is 6.47 Å². The van der Waals surface area contributed by atoms with Crippen molar-refractivity contribution < 1.29 is 19.1 Å². The Morgan fingerprint density at radius 1 is 1.30 bits per heavy atom. The number of nitrogens with zero attached hydrogens (tertiary/aromatic N) is 3. The Kier molecular flexibility index (Phi) is 7.45. The molecule has 1 aliphatic rings. The van der Waals surface area contributed by atoms with Crippen molar-refractivity contribution in [3.8, 4) is 11.3 Å². The lowest BCUT2D eigenvalue weighted by molar-refractivity contribution is -0.123. The van der Waals surface area contributed by atoms with Crippen molar-refractivity contribution in [2.75, 3.05) is 25.0 Å². The van der Waals surface area contributed by atoms with Gasteiger partial charge in [-0.2, -0.15) is 5.10 Å². The summed E-state index contributed by atoms with van der Waals surface area (Å²) in [6, 6.07) is 9.19. The third-order valence-electron chi connectivity index (χ3n) is 4.92. The number of halogens is 1. The molecule has 30 heavy (non-hydrogen) atoms. The highest BCUT2D eigenvalue weighted by atomic mass is 19.1. The fraction of sp³-hybridized carbons (Fsp3) is 0.333. The van der Waals surface area contributed by atoms with Crippen molar-refractivity contribution in [1.29, 1.82) is 0 Å². The van der Waals surface area contributed by atoms with Crippen LogP contribution in [0.4, 0.5) is 10.2 Å². The standard InChI is InChI=1S/C20H22FN5O.CH2O2/c21-18-19(15-7-8-16-14(13-15)5-3-9-22-16)24-25-20(18)23-17(27)6-4-12-26-10-1-2-11-26;2-1-3/h3,5,7-9,13H,1-2,4,6,10-12H2,(H2,23,24,25,27);1H,(H,2,3). The van der Waals surface area contributed by atoms with Gasteiger partial charge in [0.15, 0.2) is 11.6 Å². The SMILES string of the molecule is O=C(CCCN1CCCC1)Nc1[nH]nc(-c2ccc3ncccc3c2)c1F.O=CO. The zero-order chi connectivity index (χ0) is 21.3. The van der Waals surface area contributed by atoms with Crippen molar-refractivity contribution in [3.05, 3.63) is 42.3 Å². The van der Waals surface area contributed by atoms with Crippen LogP contribution in [-0.4, -0.2) is 57.2 Å². The number of likely N-dealkylation sites (tertiary alicyclic amines) is 1. The number of carbonyl (C=O) groups is 2. The quantitative estimate of drug-likeness (QED) is 0.535. The van der Waals surface area contributed by atoms with E-state index in [1.165, 1.54) is 12.8 Å². The number of hydrogen-bond acceptors (Lipinski definition) is 5. The van der Waals surface area contributed by atoms with E-state index >= 15 is 0 Å². The number of hydrogen-bond donors (Lipinski definition) is 3. The van der Waals surface area contributed by atoms with Crippen LogP contribution in [0.25, 0.3) is 22.2 Å². The van der Waals surface area contributed by atoms with Gasteiger partial charge in [-0.3, -0.25) is 19.7 Å². The summed E-state index contributed by atoms with van der Waals surface area (Å²) < 4.78 is 14.7. The van der Waals surface area contributed by atoms with Crippen LogP contribution in [0.2, 0.25) is 0 Å². The maximum absolute atomic E-state index is 14.7. The second-order valence-corrected chi connectivity index (χ2v) is 6.98. The molecule has 0 radical (unpaired) electrons. The first-order valence-electron chi connectivity index (χ1n) is 9.81. The van der Waals surface area contributed by atoms with Gasteiger partial charge in [0.1, 0.15) is 5.69 Å². The summed E-state index contributed by atoms with van der Waals surface area (Å²) in [5, 5.41) is 17.0. The van der Waals surface area contributed by atoms with E-state index in [-0.39, 0.29) is 23.9 Å². The number of carboxylic acid groups (broad SMARTS) is 1. The molecule has 1 fully saturated rings. The highest BCUT2D eigenvalue weighted by Crippen LogP contribution is 2.27. The van der Waals surface area contributed by atoms with Crippen LogP contribution in [0.1, 0.15) is 25.7 Å². The average Bonchev–Trinajstić information content (AvgIpc) is 3.39. The Morgan fingerprint density at radius 3 is 2.83 bits per heavy atom. The molecular weight excluding hydrogens is 389 g/mol. The molecule has 2 aromatic heterocycles. The first-order valence-corrected chi connectivity index (χ1v) is 9.81. The summed E-state index contributed by atoms with van der Waals surface area (Å²) in [6.45, 7) is 2.89. The maximum atomic E-state index is 14.7. The van der Waals surface area contributed by atoms with E-state index in [9.17, 15) is 9.18 Å². The number of aromatic amines is 1. The highest BCUT2D eigenvalue weighted by Gasteiger charge is 2.17. The molecule has 0 bridgehead atoms. The van der Waals surface area contributed by atoms with Crippen molar-refractivity contribution in [1.82, 2.24) is 20.1 Å². The minimum atomic E-state index is -0.550. The lowest BCUT2D eigenvalue weighted by atomic mass is 10.1. The topological polar surface area (TPSA) is 111 Å². The number of benzene rings is 1. The molecular formula is C21H24FN5O3. The Bertz CT molecular complexity index is 1000. The van der Waals surface area contributed by atoms with Crippen LogP contribution in [0, 0.1) is 5.82 Å². The number of rotatable bonds is 6. The number of pyridine rings is 1. The second kappa shape index (κ2) is 10.4. The molecule has 0 saturated carbocycles. The summed E-state index contributed by atoms with van der Waals surface area (Å²) in [5.41, 5.74) is 1.66. The summed E-state index contributed by atoms with van der Waals surface area (Å²) in [4.78, 5) is 27.1. The first kappa shape index (κ1) is 21.4. The van der Waals surface area contributed by atoms with Crippen LogP contribution >= 0.6 is 0 Å². The maximum Gasteiger partial charge on any atom is 0.290 e. The molecule has 3 aromatic rings. The molecule has 1 aromatic carbocycles. The fourth-order valence-corrected chi connectivity index (χ4v) is 3.50. The number of amides is 1. The number of anilines is 1. The molecule has 0 spiro atoms. The molecule has 1 amide bonds. The lowest BCUT2D eigenvalue weighted by Crippen LogP contribution is -2.22. The van der Waals surface area contributed by atoms with E-state index in [1.807, 2.05) is 24.3 Å².